The first-order chi connectivity index (χ1) is 10.2. The van der Waals surface area contributed by atoms with Gasteiger partial charge in [0.25, 0.3) is 5.95 Å². The molecule has 2 amide bonds. The van der Waals surface area contributed by atoms with E-state index in [1.807, 2.05) is 18.2 Å². The van der Waals surface area contributed by atoms with Crippen molar-refractivity contribution in [2.45, 2.75) is 6.54 Å². The van der Waals surface area contributed by atoms with Gasteiger partial charge in [-0.1, -0.05) is 0 Å². The molecule has 21 heavy (non-hydrogen) atoms. The highest BCUT2D eigenvalue weighted by atomic mass is 79.9. The summed E-state index contributed by atoms with van der Waals surface area (Å²) in [5.41, 5.74) is 1.62. The molecule has 3 aromatic heterocycles. The van der Waals surface area contributed by atoms with Gasteiger partial charge in [0.05, 0.1) is 0 Å². The van der Waals surface area contributed by atoms with Gasteiger partial charge in [0.15, 0.2) is 5.65 Å². The summed E-state index contributed by atoms with van der Waals surface area (Å²) in [5.74, 6) is 0.250. The van der Waals surface area contributed by atoms with Crippen molar-refractivity contribution in [3.8, 4) is 0 Å². The molecule has 0 unspecified atom stereocenters. The fraction of sp³-hybridized carbons (Fsp3) is 0.0769. The summed E-state index contributed by atoms with van der Waals surface area (Å²) in [6, 6.07) is 6.97. The third kappa shape index (κ3) is 3.34. The van der Waals surface area contributed by atoms with E-state index in [4.69, 9.17) is 0 Å². The maximum Gasteiger partial charge on any atom is 0.321 e. The van der Waals surface area contributed by atoms with Crippen molar-refractivity contribution in [1.82, 2.24) is 24.9 Å². The molecule has 0 spiro atoms. The van der Waals surface area contributed by atoms with E-state index in [-0.39, 0.29) is 12.0 Å². The van der Waals surface area contributed by atoms with Crippen molar-refractivity contribution in [2.24, 2.45) is 0 Å². The number of hydrogen-bond acceptors (Lipinski definition) is 4. The Morgan fingerprint density at radius 2 is 2.05 bits per heavy atom. The molecule has 7 nitrogen and oxygen atoms in total. The van der Waals surface area contributed by atoms with Crippen molar-refractivity contribution >= 4 is 33.6 Å². The van der Waals surface area contributed by atoms with Gasteiger partial charge >= 0.3 is 6.03 Å². The Morgan fingerprint density at radius 1 is 1.24 bits per heavy atom. The first-order valence-electron chi connectivity index (χ1n) is 6.16. The van der Waals surface area contributed by atoms with E-state index < -0.39 is 0 Å². The molecule has 0 radical (unpaired) electrons. The van der Waals surface area contributed by atoms with Gasteiger partial charge in [0.2, 0.25) is 0 Å². The number of pyridine rings is 2. The van der Waals surface area contributed by atoms with Crippen LogP contribution in [0.15, 0.2) is 47.3 Å². The Balaban J connectivity index is 1.63. The second kappa shape index (κ2) is 5.88. The van der Waals surface area contributed by atoms with Gasteiger partial charge in [-0.05, 0) is 45.8 Å². The standard InChI is InChI=1S/C13H11BrN6O/c14-10-1-2-11-17-12(19-20(11)8-10)18-13(21)16-7-9-3-5-15-6-4-9/h1-6,8H,7H2,(H2,16,18,19,21). The number of rotatable bonds is 3. The summed E-state index contributed by atoms with van der Waals surface area (Å²) in [6.07, 6.45) is 5.12. The zero-order valence-corrected chi connectivity index (χ0v) is 12.4. The molecular weight excluding hydrogens is 336 g/mol. The summed E-state index contributed by atoms with van der Waals surface area (Å²) >= 11 is 3.35. The average Bonchev–Trinajstić information content (AvgIpc) is 2.87. The highest BCUT2D eigenvalue weighted by Gasteiger charge is 2.07. The number of amides is 2. The number of anilines is 1. The first kappa shape index (κ1) is 13.5. The molecule has 0 aliphatic carbocycles. The minimum Gasteiger partial charge on any atom is -0.334 e. The number of hydrogen-bond donors (Lipinski definition) is 2. The van der Waals surface area contributed by atoms with Crippen LogP contribution in [0.1, 0.15) is 5.56 Å². The van der Waals surface area contributed by atoms with Gasteiger partial charge in [0.1, 0.15) is 0 Å². The van der Waals surface area contributed by atoms with Crippen molar-refractivity contribution in [3.05, 3.63) is 52.9 Å². The summed E-state index contributed by atoms with van der Waals surface area (Å²) in [5, 5.41) is 9.49. The molecule has 2 N–H and O–H groups in total. The fourth-order valence-electron chi connectivity index (χ4n) is 1.74. The maximum atomic E-state index is 11.8. The average molecular weight is 347 g/mol. The first-order valence-corrected chi connectivity index (χ1v) is 6.96. The molecule has 0 fully saturated rings. The second-order valence-electron chi connectivity index (χ2n) is 4.25. The number of carbonyl (C=O) groups excluding carboxylic acids is 1. The minimum atomic E-state index is -0.359. The third-order valence-corrected chi connectivity index (χ3v) is 3.19. The number of nitrogens with zero attached hydrogens (tertiary/aromatic N) is 4. The van der Waals surface area contributed by atoms with Crippen molar-refractivity contribution in [1.29, 1.82) is 0 Å². The predicted octanol–water partition coefficient (Wildman–Crippen LogP) is 2.21. The number of carbonyl (C=O) groups is 1. The van der Waals surface area contributed by atoms with E-state index in [0.717, 1.165) is 10.0 Å². The highest BCUT2D eigenvalue weighted by molar-refractivity contribution is 9.10. The van der Waals surface area contributed by atoms with Crippen molar-refractivity contribution < 1.29 is 4.79 Å². The van der Waals surface area contributed by atoms with Gasteiger partial charge in [-0.15, -0.1) is 5.10 Å². The van der Waals surface area contributed by atoms with Crippen LogP contribution in [0.2, 0.25) is 0 Å². The van der Waals surface area contributed by atoms with Crippen LogP contribution < -0.4 is 10.6 Å². The van der Waals surface area contributed by atoms with Gasteiger partial charge < -0.3 is 5.32 Å². The van der Waals surface area contributed by atoms with E-state index >= 15 is 0 Å². The molecule has 3 aromatic rings. The smallest absolute Gasteiger partial charge is 0.321 e. The lowest BCUT2D eigenvalue weighted by atomic mass is 10.3. The van der Waals surface area contributed by atoms with Crippen LogP contribution in [0, 0.1) is 0 Å². The van der Waals surface area contributed by atoms with Crippen LogP contribution >= 0.6 is 15.9 Å². The van der Waals surface area contributed by atoms with Crippen molar-refractivity contribution in [2.75, 3.05) is 5.32 Å². The van der Waals surface area contributed by atoms with E-state index in [9.17, 15) is 4.79 Å². The zero-order chi connectivity index (χ0) is 14.7. The molecule has 106 valence electrons. The Morgan fingerprint density at radius 3 is 2.86 bits per heavy atom. The lowest BCUT2D eigenvalue weighted by Crippen LogP contribution is -2.28. The second-order valence-corrected chi connectivity index (χ2v) is 5.16. The van der Waals surface area contributed by atoms with Gasteiger partial charge in [-0.3, -0.25) is 10.3 Å². The summed E-state index contributed by atoms with van der Waals surface area (Å²) < 4.78 is 2.47. The van der Waals surface area contributed by atoms with Crippen LogP contribution in [0.3, 0.4) is 0 Å². The molecule has 3 rings (SSSR count). The zero-order valence-electron chi connectivity index (χ0n) is 10.8. The van der Waals surface area contributed by atoms with Crippen LogP contribution in [0.5, 0.6) is 0 Å². The van der Waals surface area contributed by atoms with Crippen LogP contribution in [-0.4, -0.2) is 25.6 Å². The van der Waals surface area contributed by atoms with Gasteiger partial charge in [-0.2, -0.15) is 4.98 Å². The molecule has 0 bridgehead atoms. The quantitative estimate of drug-likeness (QED) is 0.761. The molecular formula is C13H11BrN6O. The molecule has 0 aliphatic rings. The molecule has 3 heterocycles. The molecule has 0 aromatic carbocycles. The third-order valence-electron chi connectivity index (χ3n) is 2.72. The number of aromatic nitrogens is 4. The molecule has 0 saturated heterocycles. The van der Waals surface area contributed by atoms with E-state index in [1.165, 1.54) is 0 Å². The van der Waals surface area contributed by atoms with E-state index in [2.05, 4.69) is 41.6 Å². The summed E-state index contributed by atoms with van der Waals surface area (Å²) in [6.45, 7) is 0.410. The Labute approximate surface area is 128 Å². The van der Waals surface area contributed by atoms with Crippen molar-refractivity contribution in [3.63, 3.8) is 0 Å². The number of urea groups is 1. The lowest BCUT2D eigenvalue weighted by molar-refractivity contribution is 0.251. The Bertz CT molecular complexity index is 773. The fourth-order valence-corrected chi connectivity index (χ4v) is 2.07. The minimum absolute atomic E-state index is 0.250. The molecule has 8 heteroatoms. The van der Waals surface area contributed by atoms with Gasteiger partial charge in [0, 0.05) is 29.6 Å². The Hall–Kier alpha value is -2.48. The molecule has 0 atom stereocenters. The van der Waals surface area contributed by atoms with Crippen LogP contribution in [-0.2, 0) is 6.54 Å². The summed E-state index contributed by atoms with van der Waals surface area (Å²) in [7, 11) is 0. The Kier molecular flexibility index (Phi) is 3.78. The molecule has 0 saturated carbocycles. The SMILES string of the molecule is O=C(NCc1ccncc1)Nc1nc2ccc(Br)cn2n1. The normalized spacial score (nSPS) is 10.5. The number of nitrogens with one attached hydrogen (secondary N) is 2. The lowest BCUT2D eigenvalue weighted by Gasteiger charge is -2.04. The van der Waals surface area contributed by atoms with Crippen LogP contribution in [0.25, 0.3) is 5.65 Å². The van der Waals surface area contributed by atoms with Crippen LogP contribution in [0.4, 0.5) is 10.7 Å². The molecule has 0 aliphatic heterocycles. The largest absolute Gasteiger partial charge is 0.334 e. The monoisotopic (exact) mass is 346 g/mol. The number of fused-ring (bicyclic) bond motifs is 1. The predicted molar refractivity (Wildman–Crippen MR) is 80.8 cm³/mol. The maximum absolute atomic E-state index is 11.8. The number of halogens is 1. The topological polar surface area (TPSA) is 84.2 Å². The van der Waals surface area contributed by atoms with E-state index in [0.29, 0.717) is 12.2 Å². The van der Waals surface area contributed by atoms with Gasteiger partial charge in [-0.25, -0.2) is 9.31 Å². The van der Waals surface area contributed by atoms with E-state index in [1.54, 1.807) is 29.2 Å². The summed E-state index contributed by atoms with van der Waals surface area (Å²) in [4.78, 5) is 19.9. The highest BCUT2D eigenvalue weighted by Crippen LogP contribution is 2.12.